The molecule has 13 heavy (non-hydrogen) atoms. The van der Waals surface area contributed by atoms with Gasteiger partial charge in [-0.2, -0.15) is 0 Å². The monoisotopic (exact) mass is 183 g/mol. The van der Waals surface area contributed by atoms with Crippen molar-refractivity contribution in [2.24, 2.45) is 0 Å². The number of carbonyl (C=O) groups excluding carboxylic acids is 1. The third kappa shape index (κ3) is 1.85. The van der Waals surface area contributed by atoms with Crippen LogP contribution in [-0.2, 0) is 9.53 Å². The second-order valence-corrected chi connectivity index (χ2v) is 4.02. The lowest BCUT2D eigenvalue weighted by Gasteiger charge is -2.22. The van der Waals surface area contributed by atoms with Gasteiger partial charge in [-0.15, -0.1) is 0 Å². The van der Waals surface area contributed by atoms with Crippen LogP contribution in [0.25, 0.3) is 0 Å². The van der Waals surface area contributed by atoms with Gasteiger partial charge in [-0.05, 0) is 12.8 Å². The lowest BCUT2D eigenvalue weighted by Crippen LogP contribution is -2.38. The molecule has 3 heteroatoms. The number of rotatable bonds is 2. The zero-order valence-electron chi connectivity index (χ0n) is 8.08. The first-order chi connectivity index (χ1) is 6.29. The Morgan fingerprint density at radius 3 is 3.08 bits per heavy atom. The van der Waals surface area contributed by atoms with E-state index in [-0.39, 0.29) is 12.1 Å². The molecule has 74 valence electrons. The van der Waals surface area contributed by atoms with Gasteiger partial charge in [0, 0.05) is 24.9 Å². The highest BCUT2D eigenvalue weighted by molar-refractivity contribution is 5.69. The maximum Gasteiger partial charge on any atom is 0.305 e. The summed E-state index contributed by atoms with van der Waals surface area (Å²) in [6.07, 6.45) is 5.36. The van der Waals surface area contributed by atoms with Gasteiger partial charge in [-0.3, -0.25) is 4.79 Å². The molecule has 0 aromatic carbocycles. The number of carbonyl (C=O) groups is 1. The third-order valence-corrected chi connectivity index (χ3v) is 3.05. The Kier molecular flexibility index (Phi) is 2.54. The standard InChI is InChI=1S/C10H17NO2/c1-2-10(12)13-9-6-7-4-3-5-8(9)11-7/h7-9,11H,2-6H2,1H3/t7-,8+,9-/m0/s1. The van der Waals surface area contributed by atoms with Gasteiger partial charge in [-0.1, -0.05) is 13.3 Å². The van der Waals surface area contributed by atoms with E-state index in [0.29, 0.717) is 18.5 Å². The molecule has 0 aliphatic carbocycles. The molecule has 0 aromatic heterocycles. The maximum atomic E-state index is 11.1. The molecule has 1 N–H and O–H groups in total. The van der Waals surface area contributed by atoms with Crippen LogP contribution in [0.3, 0.4) is 0 Å². The Hall–Kier alpha value is -0.570. The van der Waals surface area contributed by atoms with Crippen molar-refractivity contribution in [2.75, 3.05) is 0 Å². The predicted octanol–water partition coefficient (Wildman–Crippen LogP) is 1.22. The summed E-state index contributed by atoms with van der Waals surface area (Å²) in [6, 6.07) is 1.04. The summed E-state index contributed by atoms with van der Waals surface area (Å²) in [4.78, 5) is 11.1. The molecular formula is C10H17NO2. The molecule has 2 heterocycles. The van der Waals surface area contributed by atoms with Gasteiger partial charge >= 0.3 is 5.97 Å². The average molecular weight is 183 g/mol. The summed E-state index contributed by atoms with van der Waals surface area (Å²) in [7, 11) is 0. The molecule has 0 radical (unpaired) electrons. The SMILES string of the molecule is CCC(=O)O[C@H]1C[C@@H]2CCC[C@H]1N2. The molecule has 0 aromatic rings. The Balaban J connectivity index is 1.90. The molecule has 0 spiro atoms. The normalized spacial score (nSPS) is 37.5. The van der Waals surface area contributed by atoms with Crippen molar-refractivity contribution >= 4 is 5.97 Å². The summed E-state index contributed by atoms with van der Waals surface area (Å²) in [6.45, 7) is 1.84. The first kappa shape index (κ1) is 9.00. The van der Waals surface area contributed by atoms with Crippen molar-refractivity contribution in [3.8, 4) is 0 Å². The molecule has 0 saturated carbocycles. The Labute approximate surface area is 78.8 Å². The zero-order valence-corrected chi connectivity index (χ0v) is 8.08. The fraction of sp³-hybridized carbons (Fsp3) is 0.900. The highest BCUT2D eigenvalue weighted by Crippen LogP contribution is 2.28. The van der Waals surface area contributed by atoms with Crippen LogP contribution >= 0.6 is 0 Å². The Bertz CT molecular complexity index is 205. The van der Waals surface area contributed by atoms with E-state index in [0.717, 1.165) is 12.8 Å². The van der Waals surface area contributed by atoms with Gasteiger partial charge in [0.15, 0.2) is 0 Å². The summed E-state index contributed by atoms with van der Waals surface area (Å²) in [5, 5.41) is 3.49. The molecular weight excluding hydrogens is 166 g/mol. The minimum atomic E-state index is -0.0562. The van der Waals surface area contributed by atoms with Gasteiger partial charge < -0.3 is 10.1 Å². The van der Waals surface area contributed by atoms with Gasteiger partial charge in [-0.25, -0.2) is 0 Å². The van der Waals surface area contributed by atoms with E-state index in [1.165, 1.54) is 12.8 Å². The highest BCUT2D eigenvalue weighted by atomic mass is 16.5. The van der Waals surface area contributed by atoms with E-state index in [2.05, 4.69) is 5.32 Å². The number of hydrogen-bond donors (Lipinski definition) is 1. The topological polar surface area (TPSA) is 38.3 Å². The van der Waals surface area contributed by atoms with E-state index in [1.807, 2.05) is 6.92 Å². The van der Waals surface area contributed by atoms with Crippen LogP contribution in [0, 0.1) is 0 Å². The second kappa shape index (κ2) is 3.66. The molecule has 0 amide bonds. The molecule has 2 aliphatic rings. The average Bonchev–Trinajstić information content (AvgIpc) is 2.42. The first-order valence-electron chi connectivity index (χ1n) is 5.25. The zero-order chi connectivity index (χ0) is 9.26. The lowest BCUT2D eigenvalue weighted by molar-refractivity contribution is -0.149. The first-order valence-corrected chi connectivity index (χ1v) is 5.25. The minimum absolute atomic E-state index is 0.0562. The second-order valence-electron chi connectivity index (χ2n) is 4.02. The third-order valence-electron chi connectivity index (χ3n) is 3.05. The molecule has 3 nitrogen and oxygen atoms in total. The van der Waals surface area contributed by atoms with Crippen molar-refractivity contribution in [1.29, 1.82) is 0 Å². The summed E-state index contributed by atoms with van der Waals surface area (Å²) >= 11 is 0. The quantitative estimate of drug-likeness (QED) is 0.654. The van der Waals surface area contributed by atoms with Crippen molar-refractivity contribution in [2.45, 2.75) is 57.2 Å². The van der Waals surface area contributed by atoms with Crippen molar-refractivity contribution in [3.05, 3.63) is 0 Å². The lowest BCUT2D eigenvalue weighted by atomic mass is 10.1. The van der Waals surface area contributed by atoms with Gasteiger partial charge in [0.1, 0.15) is 6.10 Å². The number of piperidine rings is 1. The molecule has 2 rings (SSSR count). The van der Waals surface area contributed by atoms with Crippen LogP contribution in [0.2, 0.25) is 0 Å². The molecule has 2 aliphatic heterocycles. The van der Waals surface area contributed by atoms with Gasteiger partial charge in [0.05, 0.1) is 0 Å². The molecule has 2 saturated heterocycles. The summed E-state index contributed by atoms with van der Waals surface area (Å²) < 4.78 is 5.37. The van der Waals surface area contributed by atoms with E-state index in [1.54, 1.807) is 0 Å². The Morgan fingerprint density at radius 1 is 1.54 bits per heavy atom. The van der Waals surface area contributed by atoms with Crippen molar-refractivity contribution in [3.63, 3.8) is 0 Å². The fourth-order valence-corrected chi connectivity index (χ4v) is 2.36. The number of fused-ring (bicyclic) bond motifs is 2. The minimum Gasteiger partial charge on any atom is -0.461 e. The summed E-state index contributed by atoms with van der Waals surface area (Å²) in [5.74, 6) is -0.0562. The van der Waals surface area contributed by atoms with Crippen LogP contribution in [0.4, 0.5) is 0 Å². The van der Waals surface area contributed by atoms with Crippen molar-refractivity contribution < 1.29 is 9.53 Å². The van der Waals surface area contributed by atoms with E-state index < -0.39 is 0 Å². The van der Waals surface area contributed by atoms with Crippen LogP contribution in [-0.4, -0.2) is 24.2 Å². The van der Waals surface area contributed by atoms with E-state index in [4.69, 9.17) is 4.74 Å². The van der Waals surface area contributed by atoms with Crippen molar-refractivity contribution in [1.82, 2.24) is 5.32 Å². The van der Waals surface area contributed by atoms with E-state index in [9.17, 15) is 4.79 Å². The summed E-state index contributed by atoms with van der Waals surface area (Å²) in [5.41, 5.74) is 0. The van der Waals surface area contributed by atoms with Crippen LogP contribution in [0.15, 0.2) is 0 Å². The Morgan fingerprint density at radius 2 is 2.38 bits per heavy atom. The van der Waals surface area contributed by atoms with E-state index >= 15 is 0 Å². The van der Waals surface area contributed by atoms with Crippen LogP contribution in [0.1, 0.15) is 39.0 Å². The van der Waals surface area contributed by atoms with Crippen LogP contribution in [0.5, 0.6) is 0 Å². The molecule has 3 atom stereocenters. The molecule has 0 unspecified atom stereocenters. The smallest absolute Gasteiger partial charge is 0.305 e. The predicted molar refractivity (Wildman–Crippen MR) is 49.4 cm³/mol. The largest absolute Gasteiger partial charge is 0.461 e. The van der Waals surface area contributed by atoms with Gasteiger partial charge in [0.25, 0.3) is 0 Å². The fourth-order valence-electron chi connectivity index (χ4n) is 2.36. The number of ether oxygens (including phenoxy) is 1. The maximum absolute atomic E-state index is 11.1. The van der Waals surface area contributed by atoms with Crippen LogP contribution < -0.4 is 5.32 Å². The number of nitrogens with one attached hydrogen (secondary N) is 1. The van der Waals surface area contributed by atoms with Gasteiger partial charge in [0.2, 0.25) is 0 Å². The molecule has 2 fully saturated rings. The molecule has 2 bridgehead atoms. The highest BCUT2D eigenvalue weighted by Gasteiger charge is 2.38. The number of esters is 1. The number of hydrogen-bond acceptors (Lipinski definition) is 3.